The molecule has 25 heavy (non-hydrogen) atoms. The number of ketones is 2. The number of thiol groups is 1. The smallest absolute Gasteiger partial charge is 0.161 e. The Hall–Kier alpha value is -0.610. The van der Waals surface area contributed by atoms with Crippen LogP contribution in [0.15, 0.2) is 11.6 Å². The topological polar surface area (TPSA) is 54.4 Å². The van der Waals surface area contributed by atoms with Gasteiger partial charge in [-0.1, -0.05) is 13.8 Å². The van der Waals surface area contributed by atoms with Crippen LogP contribution in [0.1, 0.15) is 58.8 Å². The summed E-state index contributed by atoms with van der Waals surface area (Å²) in [6.45, 7) is 4.34. The Morgan fingerprint density at radius 2 is 2.00 bits per heavy atom. The highest BCUT2D eigenvalue weighted by Gasteiger charge is 2.61. The Balaban J connectivity index is 1.68. The van der Waals surface area contributed by atoms with E-state index in [1.54, 1.807) is 0 Å². The third-order valence-electron chi connectivity index (χ3n) is 8.52. The van der Waals surface area contributed by atoms with Gasteiger partial charge < -0.3 is 5.11 Å². The highest BCUT2D eigenvalue weighted by atomic mass is 32.1. The molecule has 0 aromatic heterocycles. The molecule has 0 saturated heterocycles. The molecule has 4 aliphatic carbocycles. The number of fused-ring (bicyclic) bond motifs is 5. The summed E-state index contributed by atoms with van der Waals surface area (Å²) in [7, 11) is 0. The maximum absolute atomic E-state index is 12.3. The molecule has 7 atom stereocenters. The first kappa shape index (κ1) is 17.8. The van der Waals surface area contributed by atoms with E-state index in [-0.39, 0.29) is 40.2 Å². The molecule has 4 heteroatoms. The van der Waals surface area contributed by atoms with Crippen molar-refractivity contribution in [2.75, 3.05) is 6.61 Å². The van der Waals surface area contributed by atoms with E-state index < -0.39 is 0 Å². The molecule has 0 aliphatic heterocycles. The van der Waals surface area contributed by atoms with Gasteiger partial charge in [0.05, 0.1) is 0 Å². The van der Waals surface area contributed by atoms with Crippen LogP contribution in [0, 0.1) is 34.5 Å². The van der Waals surface area contributed by atoms with Gasteiger partial charge in [0.25, 0.3) is 0 Å². The molecule has 3 saturated carbocycles. The van der Waals surface area contributed by atoms with Crippen molar-refractivity contribution in [2.24, 2.45) is 34.5 Å². The zero-order chi connectivity index (χ0) is 18.0. The summed E-state index contributed by atoms with van der Waals surface area (Å²) in [5.74, 6) is 2.08. The van der Waals surface area contributed by atoms with Crippen LogP contribution in [0.25, 0.3) is 0 Å². The first-order valence-electron chi connectivity index (χ1n) is 9.88. The lowest BCUT2D eigenvalue weighted by Gasteiger charge is -2.59. The van der Waals surface area contributed by atoms with Crippen molar-refractivity contribution in [1.82, 2.24) is 0 Å². The summed E-state index contributed by atoms with van der Waals surface area (Å²) in [4.78, 5) is 24.3. The normalized spacial score (nSPS) is 49.0. The minimum absolute atomic E-state index is 0.0273. The van der Waals surface area contributed by atoms with Gasteiger partial charge in [-0.25, -0.2) is 0 Å². The molecule has 4 rings (SSSR count). The molecule has 0 amide bonds. The van der Waals surface area contributed by atoms with E-state index in [1.807, 2.05) is 6.08 Å². The van der Waals surface area contributed by atoms with Crippen LogP contribution in [0.4, 0.5) is 0 Å². The summed E-state index contributed by atoms with van der Waals surface area (Å²) < 4.78 is 0. The number of aliphatic hydroxyl groups is 1. The summed E-state index contributed by atoms with van der Waals surface area (Å²) in [6.07, 6.45) is 8.79. The lowest BCUT2D eigenvalue weighted by molar-refractivity contribution is -0.133. The van der Waals surface area contributed by atoms with Gasteiger partial charge in [-0.2, -0.15) is 12.6 Å². The van der Waals surface area contributed by atoms with Gasteiger partial charge >= 0.3 is 0 Å². The van der Waals surface area contributed by atoms with E-state index in [2.05, 4.69) is 13.8 Å². The van der Waals surface area contributed by atoms with Crippen LogP contribution in [0.5, 0.6) is 0 Å². The predicted molar refractivity (Wildman–Crippen MR) is 100 cm³/mol. The van der Waals surface area contributed by atoms with E-state index in [0.29, 0.717) is 24.2 Å². The molecule has 1 N–H and O–H groups in total. The zero-order valence-electron chi connectivity index (χ0n) is 15.3. The Morgan fingerprint density at radius 1 is 1.24 bits per heavy atom. The summed E-state index contributed by atoms with van der Waals surface area (Å²) in [5, 5.41) is 9.57. The molecular weight excluding hydrogens is 332 g/mol. The van der Waals surface area contributed by atoms with Gasteiger partial charge in [0.15, 0.2) is 11.6 Å². The van der Waals surface area contributed by atoms with E-state index >= 15 is 0 Å². The van der Waals surface area contributed by atoms with Crippen molar-refractivity contribution in [1.29, 1.82) is 0 Å². The van der Waals surface area contributed by atoms with E-state index in [9.17, 15) is 14.7 Å². The minimum Gasteiger partial charge on any atom is -0.389 e. The lowest BCUT2D eigenvalue weighted by Crippen LogP contribution is -2.53. The van der Waals surface area contributed by atoms with Gasteiger partial charge in [0.1, 0.15) is 6.61 Å². The molecule has 3 fully saturated rings. The van der Waals surface area contributed by atoms with Crippen LogP contribution in [0.2, 0.25) is 0 Å². The van der Waals surface area contributed by atoms with Crippen LogP contribution in [-0.4, -0.2) is 28.5 Å². The number of carbonyl (C=O) groups is 2. The monoisotopic (exact) mass is 362 g/mol. The SMILES string of the molecule is C[C@]12CCC3C(C[C@@H](S)C4=CC(=O)CC[C@@]43C)C1CCC2C(=O)CO. The van der Waals surface area contributed by atoms with Crippen LogP contribution < -0.4 is 0 Å². The molecule has 4 aliphatic rings. The van der Waals surface area contributed by atoms with Gasteiger partial charge in [-0.05, 0) is 78.8 Å². The fourth-order valence-electron chi connectivity index (χ4n) is 7.25. The molecule has 0 radical (unpaired) electrons. The predicted octanol–water partition coefficient (Wildman–Crippen LogP) is 3.60. The number of carbonyl (C=O) groups excluding carboxylic acids is 2. The number of hydrogen-bond acceptors (Lipinski definition) is 4. The second-order valence-corrected chi connectivity index (χ2v) is 10.0. The van der Waals surface area contributed by atoms with Crippen molar-refractivity contribution in [3.05, 3.63) is 11.6 Å². The second kappa shape index (κ2) is 5.95. The standard InChI is InChI=1S/C21H30O3S/c1-20-8-6-15-13(14(20)3-4-16(20)18(24)11-22)10-19(25)17-9-12(23)5-7-21(15,17)2/h9,13-16,19,22,25H,3-8,10-11H2,1-2H3/t13?,14?,15?,16?,19-,20+,21-/m1/s1. The third-order valence-corrected chi connectivity index (χ3v) is 9.01. The Morgan fingerprint density at radius 3 is 2.72 bits per heavy atom. The molecule has 0 heterocycles. The molecule has 138 valence electrons. The van der Waals surface area contributed by atoms with Crippen molar-refractivity contribution in [3.63, 3.8) is 0 Å². The van der Waals surface area contributed by atoms with E-state index in [1.165, 1.54) is 5.57 Å². The Labute approximate surface area is 156 Å². The van der Waals surface area contributed by atoms with Crippen molar-refractivity contribution < 1.29 is 14.7 Å². The number of hydrogen-bond donors (Lipinski definition) is 2. The molecule has 0 aromatic carbocycles. The van der Waals surface area contributed by atoms with Crippen molar-refractivity contribution >= 4 is 24.2 Å². The van der Waals surface area contributed by atoms with Crippen LogP contribution in [-0.2, 0) is 9.59 Å². The first-order valence-corrected chi connectivity index (χ1v) is 10.4. The number of aliphatic hydroxyl groups excluding tert-OH is 1. The first-order chi connectivity index (χ1) is 11.8. The third kappa shape index (κ3) is 2.43. The summed E-state index contributed by atoms with van der Waals surface area (Å²) in [6, 6.07) is 0. The average molecular weight is 363 g/mol. The highest BCUT2D eigenvalue weighted by molar-refractivity contribution is 7.81. The molecule has 0 bridgehead atoms. The fraction of sp³-hybridized carbons (Fsp3) is 0.810. The maximum atomic E-state index is 12.3. The van der Waals surface area contributed by atoms with Gasteiger partial charge in [-0.3, -0.25) is 9.59 Å². The molecule has 0 spiro atoms. The minimum atomic E-state index is -0.316. The van der Waals surface area contributed by atoms with Gasteiger partial charge in [0.2, 0.25) is 0 Å². The van der Waals surface area contributed by atoms with Crippen molar-refractivity contribution in [3.8, 4) is 0 Å². The molecule has 0 aromatic rings. The molecule has 4 unspecified atom stereocenters. The van der Waals surface area contributed by atoms with E-state index in [4.69, 9.17) is 12.6 Å². The van der Waals surface area contributed by atoms with Crippen molar-refractivity contribution in [2.45, 2.75) is 64.0 Å². The van der Waals surface area contributed by atoms with E-state index in [0.717, 1.165) is 38.5 Å². The fourth-order valence-corrected chi connectivity index (χ4v) is 7.86. The lowest BCUT2D eigenvalue weighted by atomic mass is 9.46. The Bertz CT molecular complexity index is 641. The maximum Gasteiger partial charge on any atom is 0.161 e. The summed E-state index contributed by atoms with van der Waals surface area (Å²) in [5.41, 5.74) is 1.41. The largest absolute Gasteiger partial charge is 0.389 e. The number of rotatable bonds is 2. The highest BCUT2D eigenvalue weighted by Crippen LogP contribution is 2.67. The zero-order valence-corrected chi connectivity index (χ0v) is 16.2. The van der Waals surface area contributed by atoms with Crippen LogP contribution in [0.3, 0.4) is 0 Å². The van der Waals surface area contributed by atoms with Gasteiger partial charge in [-0.15, -0.1) is 0 Å². The molecular formula is C21H30O3S. The Kier molecular flexibility index (Phi) is 4.23. The second-order valence-electron chi connectivity index (χ2n) is 9.41. The average Bonchev–Trinajstić information content (AvgIpc) is 2.93. The summed E-state index contributed by atoms with van der Waals surface area (Å²) >= 11 is 4.91. The number of Topliss-reactive ketones (excluding diaryl/α,β-unsaturated/α-hetero) is 1. The quantitative estimate of drug-likeness (QED) is 0.738. The van der Waals surface area contributed by atoms with Gasteiger partial charge in [0, 0.05) is 17.6 Å². The molecule has 3 nitrogen and oxygen atoms in total. The van der Waals surface area contributed by atoms with Crippen LogP contribution >= 0.6 is 12.6 Å².